The molecule has 2 fully saturated rings. The van der Waals surface area contributed by atoms with Crippen molar-refractivity contribution in [2.24, 2.45) is 5.92 Å². The molecule has 4 rings (SSSR count). The summed E-state index contributed by atoms with van der Waals surface area (Å²) in [6.45, 7) is 2.33. The van der Waals surface area contributed by atoms with Gasteiger partial charge in [0, 0.05) is 29.2 Å². The van der Waals surface area contributed by atoms with Gasteiger partial charge in [-0.2, -0.15) is 0 Å². The van der Waals surface area contributed by atoms with E-state index in [0.717, 1.165) is 35.9 Å². The molecule has 2 aliphatic rings. The van der Waals surface area contributed by atoms with E-state index in [2.05, 4.69) is 28.3 Å². The van der Waals surface area contributed by atoms with Crippen LogP contribution in [0.25, 0.3) is 10.9 Å². The highest BCUT2D eigenvalue weighted by molar-refractivity contribution is 5.84. The highest BCUT2D eigenvalue weighted by atomic mass is 16.5. The molecule has 4 atom stereocenters. The third kappa shape index (κ3) is 3.44. The molecule has 1 aromatic heterocycles. The van der Waals surface area contributed by atoms with Crippen molar-refractivity contribution >= 4 is 22.8 Å². The van der Waals surface area contributed by atoms with Crippen LogP contribution in [0.2, 0.25) is 0 Å². The molecule has 27 heavy (non-hydrogen) atoms. The highest BCUT2D eigenvalue weighted by Gasteiger charge is 2.44. The summed E-state index contributed by atoms with van der Waals surface area (Å²) in [7, 11) is 1.41. The van der Waals surface area contributed by atoms with Gasteiger partial charge in [0.1, 0.15) is 12.6 Å². The molecular formula is C20H26N4O3. The molecule has 7 heteroatoms. The topological polar surface area (TPSA) is 84.4 Å². The molecule has 144 valence electrons. The molecule has 0 bridgehead atoms. The Kier molecular flexibility index (Phi) is 4.88. The van der Waals surface area contributed by atoms with Crippen LogP contribution in [0, 0.1) is 12.8 Å². The number of methoxy groups -OCH3 is 1. The van der Waals surface area contributed by atoms with Crippen molar-refractivity contribution in [2.75, 3.05) is 7.11 Å². The lowest BCUT2D eigenvalue weighted by Crippen LogP contribution is -2.46. The zero-order valence-electron chi connectivity index (χ0n) is 15.7. The third-order valence-electron chi connectivity index (χ3n) is 5.89. The van der Waals surface area contributed by atoms with Crippen molar-refractivity contribution in [1.29, 1.82) is 0 Å². The molecule has 0 radical (unpaired) electrons. The zero-order chi connectivity index (χ0) is 19.0. The van der Waals surface area contributed by atoms with Crippen molar-refractivity contribution < 1.29 is 14.3 Å². The van der Waals surface area contributed by atoms with Gasteiger partial charge in [-0.3, -0.25) is 15.0 Å². The van der Waals surface area contributed by atoms with Crippen molar-refractivity contribution in [3.8, 4) is 0 Å². The number of esters is 1. The summed E-state index contributed by atoms with van der Waals surface area (Å²) in [6.07, 6.45) is 2.59. The van der Waals surface area contributed by atoms with Gasteiger partial charge in [0.05, 0.1) is 7.11 Å². The second kappa shape index (κ2) is 7.32. The predicted octanol–water partition coefficient (Wildman–Crippen LogP) is 1.25. The molecule has 1 aliphatic heterocycles. The number of benzene rings is 1. The summed E-state index contributed by atoms with van der Waals surface area (Å²) >= 11 is 0. The van der Waals surface area contributed by atoms with Gasteiger partial charge in [-0.05, 0) is 43.7 Å². The Morgan fingerprint density at radius 3 is 2.89 bits per heavy atom. The molecule has 1 saturated heterocycles. The quantitative estimate of drug-likeness (QED) is 0.706. The number of aryl methyl sites for hydroxylation is 1. The molecule has 7 nitrogen and oxygen atoms in total. The van der Waals surface area contributed by atoms with E-state index in [0.29, 0.717) is 6.54 Å². The minimum absolute atomic E-state index is 0.0106. The molecule has 2 aromatic rings. The number of aromatic nitrogens is 1. The first-order chi connectivity index (χ1) is 13.1. The van der Waals surface area contributed by atoms with Gasteiger partial charge in [0.15, 0.2) is 0 Å². The van der Waals surface area contributed by atoms with Gasteiger partial charge in [-0.25, -0.2) is 5.43 Å². The summed E-state index contributed by atoms with van der Waals surface area (Å²) < 4.78 is 6.94. The average molecular weight is 370 g/mol. The third-order valence-corrected chi connectivity index (χ3v) is 5.89. The number of hydrogen-bond donors (Lipinski definition) is 3. The standard InChI is InChI=1S/C20H26N4O3/c1-12-9-13-5-3-4-6-17(13)24(12)11-18(25)21-14-7-8-16-15(10-14)19(23-22-16)20(26)27-2/h3-6,9,14-16,19,22-23H,7-8,10-11H2,1-2H3,(H,21,25). The second-order valence-corrected chi connectivity index (χ2v) is 7.57. The van der Waals surface area contributed by atoms with Gasteiger partial charge < -0.3 is 14.6 Å². The highest BCUT2D eigenvalue weighted by Crippen LogP contribution is 2.31. The molecule has 4 unspecified atom stereocenters. The van der Waals surface area contributed by atoms with Crippen molar-refractivity contribution in [2.45, 2.75) is 50.9 Å². The lowest BCUT2D eigenvalue weighted by Gasteiger charge is -2.33. The Morgan fingerprint density at radius 1 is 1.26 bits per heavy atom. The number of nitrogens with one attached hydrogen (secondary N) is 3. The molecule has 0 spiro atoms. The van der Waals surface area contributed by atoms with Crippen molar-refractivity contribution in [3.05, 3.63) is 36.0 Å². The Balaban J connectivity index is 1.41. The van der Waals surface area contributed by atoms with E-state index >= 15 is 0 Å². The lowest BCUT2D eigenvalue weighted by atomic mass is 9.79. The maximum Gasteiger partial charge on any atom is 0.324 e. The van der Waals surface area contributed by atoms with E-state index < -0.39 is 0 Å². The first-order valence-corrected chi connectivity index (χ1v) is 9.50. The minimum atomic E-state index is -0.352. The number of amides is 1. The maximum absolute atomic E-state index is 12.7. The van der Waals surface area contributed by atoms with Crippen molar-refractivity contribution in [3.63, 3.8) is 0 Å². The van der Waals surface area contributed by atoms with Crippen LogP contribution in [0.1, 0.15) is 25.0 Å². The van der Waals surface area contributed by atoms with Crippen molar-refractivity contribution in [1.82, 2.24) is 20.7 Å². The number of rotatable bonds is 4. The fourth-order valence-corrected chi connectivity index (χ4v) is 4.52. The largest absolute Gasteiger partial charge is 0.468 e. The Labute approximate surface area is 158 Å². The lowest BCUT2D eigenvalue weighted by molar-refractivity contribution is -0.144. The molecular weight excluding hydrogens is 344 g/mol. The Morgan fingerprint density at radius 2 is 2.07 bits per heavy atom. The van der Waals surface area contributed by atoms with Gasteiger partial charge in [0.2, 0.25) is 5.91 Å². The summed E-state index contributed by atoms with van der Waals surface area (Å²) in [5.74, 6) is -0.113. The van der Waals surface area contributed by atoms with Crippen LogP contribution >= 0.6 is 0 Å². The fraction of sp³-hybridized carbons (Fsp3) is 0.500. The van der Waals surface area contributed by atoms with E-state index in [1.807, 2.05) is 29.7 Å². The monoisotopic (exact) mass is 370 g/mol. The normalized spacial score (nSPS) is 27.3. The summed E-state index contributed by atoms with van der Waals surface area (Å²) in [6, 6.07) is 10.2. The number of carbonyl (C=O) groups is 2. The van der Waals surface area contributed by atoms with Crippen LogP contribution in [0.5, 0.6) is 0 Å². The number of nitrogens with zero attached hydrogens (tertiary/aromatic N) is 1. The van der Waals surface area contributed by atoms with Gasteiger partial charge in [-0.1, -0.05) is 18.2 Å². The number of fused-ring (bicyclic) bond motifs is 2. The smallest absolute Gasteiger partial charge is 0.324 e. The molecule has 1 amide bonds. The maximum atomic E-state index is 12.7. The van der Waals surface area contributed by atoms with Crippen LogP contribution < -0.4 is 16.2 Å². The molecule has 2 heterocycles. The molecule has 1 aliphatic carbocycles. The van der Waals surface area contributed by atoms with E-state index in [1.54, 1.807) is 0 Å². The number of hydrogen-bond acceptors (Lipinski definition) is 5. The molecule has 1 aromatic carbocycles. The van der Waals surface area contributed by atoms with Gasteiger partial charge >= 0.3 is 5.97 Å². The summed E-state index contributed by atoms with van der Waals surface area (Å²) in [4.78, 5) is 24.6. The number of carbonyl (C=O) groups excluding carboxylic acids is 2. The first kappa shape index (κ1) is 18.0. The van der Waals surface area contributed by atoms with Crippen LogP contribution in [-0.2, 0) is 20.9 Å². The average Bonchev–Trinajstić information content (AvgIpc) is 3.22. The van der Waals surface area contributed by atoms with Crippen LogP contribution in [0.3, 0.4) is 0 Å². The second-order valence-electron chi connectivity index (χ2n) is 7.57. The van der Waals surface area contributed by atoms with Gasteiger partial charge in [-0.15, -0.1) is 0 Å². The first-order valence-electron chi connectivity index (χ1n) is 9.50. The SMILES string of the molecule is COC(=O)C1NNC2CCC(NC(=O)Cn3c(C)cc4ccccc43)CC21. The van der Waals surface area contributed by atoms with E-state index in [1.165, 1.54) is 7.11 Å². The van der Waals surface area contributed by atoms with E-state index in [-0.39, 0.29) is 35.9 Å². The minimum Gasteiger partial charge on any atom is -0.468 e. The fourth-order valence-electron chi connectivity index (χ4n) is 4.52. The number of para-hydroxylation sites is 1. The number of ether oxygens (including phenoxy) is 1. The number of hydrazine groups is 1. The molecule has 1 saturated carbocycles. The van der Waals surface area contributed by atoms with Crippen LogP contribution in [0.15, 0.2) is 30.3 Å². The van der Waals surface area contributed by atoms with Gasteiger partial charge in [0.25, 0.3) is 0 Å². The van der Waals surface area contributed by atoms with E-state index in [4.69, 9.17) is 4.74 Å². The van der Waals surface area contributed by atoms with Crippen LogP contribution in [-0.4, -0.2) is 41.7 Å². The Hall–Kier alpha value is -2.38. The summed E-state index contributed by atoms with van der Waals surface area (Å²) in [5.41, 5.74) is 8.39. The molecule has 3 N–H and O–H groups in total. The summed E-state index contributed by atoms with van der Waals surface area (Å²) in [5, 5.41) is 4.32. The zero-order valence-corrected chi connectivity index (χ0v) is 15.7. The predicted molar refractivity (Wildman–Crippen MR) is 102 cm³/mol. The van der Waals surface area contributed by atoms with E-state index in [9.17, 15) is 9.59 Å². The Bertz CT molecular complexity index is 862. The van der Waals surface area contributed by atoms with Crippen LogP contribution in [0.4, 0.5) is 0 Å².